The molecule has 16 heavy (non-hydrogen) atoms. The van der Waals surface area contributed by atoms with E-state index in [0.717, 1.165) is 0 Å². The molecule has 1 aromatic rings. The lowest BCUT2D eigenvalue weighted by Gasteiger charge is -2.02. The number of hydrogen-bond acceptors (Lipinski definition) is 6. The minimum Gasteiger partial charge on any atom is -0.464 e. The zero-order valence-corrected chi connectivity index (χ0v) is 9.20. The number of esters is 2. The van der Waals surface area contributed by atoms with Gasteiger partial charge in [-0.15, -0.1) is 0 Å². The molecule has 0 aliphatic rings. The number of rotatable bonds is 4. The highest BCUT2D eigenvalue weighted by Gasteiger charge is 2.24. The van der Waals surface area contributed by atoms with Crippen molar-refractivity contribution in [3.05, 3.63) is 17.0 Å². The first-order chi connectivity index (χ1) is 7.65. The molecule has 1 heterocycles. The molecule has 0 bridgehead atoms. The zero-order valence-electron chi connectivity index (χ0n) is 9.20. The van der Waals surface area contributed by atoms with Gasteiger partial charge >= 0.3 is 11.9 Å². The molecule has 0 unspecified atom stereocenters. The van der Waals surface area contributed by atoms with Crippen LogP contribution in [-0.2, 0) is 20.8 Å². The topological polar surface area (TPSA) is 90.5 Å². The van der Waals surface area contributed by atoms with Gasteiger partial charge in [-0.3, -0.25) is 5.10 Å². The number of nitrogens with zero attached hydrogens (tertiary/aromatic N) is 1. The van der Waals surface area contributed by atoms with Gasteiger partial charge in [-0.05, 0) is 0 Å². The number of aromatic nitrogens is 2. The van der Waals surface area contributed by atoms with E-state index in [0.29, 0.717) is 5.56 Å². The molecule has 7 nitrogen and oxygen atoms in total. The predicted molar refractivity (Wildman–Crippen MR) is 52.0 cm³/mol. The van der Waals surface area contributed by atoms with Gasteiger partial charge in [0, 0.05) is 12.7 Å². The summed E-state index contributed by atoms with van der Waals surface area (Å²) in [5.74, 6) is -1.26. The van der Waals surface area contributed by atoms with E-state index in [-0.39, 0.29) is 18.0 Å². The fourth-order valence-electron chi connectivity index (χ4n) is 1.19. The van der Waals surface area contributed by atoms with Gasteiger partial charge in [-0.1, -0.05) is 0 Å². The Hall–Kier alpha value is -1.89. The lowest BCUT2D eigenvalue weighted by atomic mass is 10.2. The average Bonchev–Trinajstić information content (AvgIpc) is 2.71. The lowest BCUT2D eigenvalue weighted by Crippen LogP contribution is -2.09. The van der Waals surface area contributed by atoms with Gasteiger partial charge in [-0.25, -0.2) is 9.59 Å². The van der Waals surface area contributed by atoms with Crippen molar-refractivity contribution in [3.63, 3.8) is 0 Å². The Labute approximate surface area is 91.7 Å². The predicted octanol–water partition coefficient (Wildman–Crippen LogP) is 0.129. The van der Waals surface area contributed by atoms with Crippen molar-refractivity contribution in [1.29, 1.82) is 0 Å². The van der Waals surface area contributed by atoms with E-state index in [1.807, 2.05) is 0 Å². The number of hydrogen-bond donors (Lipinski definition) is 1. The van der Waals surface area contributed by atoms with Gasteiger partial charge in [0.1, 0.15) is 5.69 Å². The summed E-state index contributed by atoms with van der Waals surface area (Å²) in [7, 11) is 3.90. The third kappa shape index (κ3) is 2.19. The maximum Gasteiger partial charge on any atom is 0.358 e. The van der Waals surface area contributed by atoms with E-state index in [1.54, 1.807) is 0 Å². The molecule has 1 N–H and O–H groups in total. The van der Waals surface area contributed by atoms with E-state index in [9.17, 15) is 9.59 Å². The number of nitrogens with one attached hydrogen (secondary N) is 1. The molecule has 0 saturated heterocycles. The summed E-state index contributed by atoms with van der Waals surface area (Å²) in [5.41, 5.74) is 0.427. The summed E-state index contributed by atoms with van der Waals surface area (Å²) >= 11 is 0. The van der Waals surface area contributed by atoms with Crippen molar-refractivity contribution >= 4 is 11.9 Å². The molecule has 0 saturated carbocycles. The van der Waals surface area contributed by atoms with E-state index in [1.165, 1.54) is 21.3 Å². The van der Waals surface area contributed by atoms with Crippen molar-refractivity contribution < 1.29 is 23.8 Å². The number of carbonyl (C=O) groups is 2. The minimum absolute atomic E-state index is 0.0183. The molecule has 1 aromatic heterocycles. The Morgan fingerprint density at radius 2 is 1.81 bits per heavy atom. The first-order valence-electron chi connectivity index (χ1n) is 4.38. The zero-order chi connectivity index (χ0) is 12.1. The third-order valence-electron chi connectivity index (χ3n) is 1.92. The molecule has 0 radical (unpaired) electrons. The second kappa shape index (κ2) is 5.26. The Morgan fingerprint density at radius 1 is 1.19 bits per heavy atom. The molecule has 0 aliphatic carbocycles. The molecule has 1 rings (SSSR count). The number of aromatic amines is 1. The fourth-order valence-corrected chi connectivity index (χ4v) is 1.19. The smallest absolute Gasteiger partial charge is 0.358 e. The highest BCUT2D eigenvalue weighted by molar-refractivity contribution is 5.95. The van der Waals surface area contributed by atoms with Gasteiger partial charge < -0.3 is 14.2 Å². The van der Waals surface area contributed by atoms with Crippen molar-refractivity contribution in [3.8, 4) is 0 Å². The SMILES string of the molecule is COCc1c(C(=O)OC)n[nH]c1C(=O)OC. The van der Waals surface area contributed by atoms with Gasteiger partial charge in [0.15, 0.2) is 5.69 Å². The second-order valence-corrected chi connectivity index (χ2v) is 2.84. The van der Waals surface area contributed by atoms with Crippen LogP contribution in [0.5, 0.6) is 0 Å². The molecular weight excluding hydrogens is 216 g/mol. The van der Waals surface area contributed by atoms with Crippen molar-refractivity contribution in [1.82, 2.24) is 10.2 Å². The summed E-state index contributed by atoms with van der Waals surface area (Å²) in [4.78, 5) is 22.7. The van der Waals surface area contributed by atoms with Crippen molar-refractivity contribution in [2.45, 2.75) is 6.61 Å². The average molecular weight is 228 g/mol. The molecular formula is C9H12N2O5. The van der Waals surface area contributed by atoms with Crippen LogP contribution in [0, 0.1) is 0 Å². The van der Waals surface area contributed by atoms with Crippen LogP contribution in [0.2, 0.25) is 0 Å². The molecule has 0 spiro atoms. The van der Waals surface area contributed by atoms with Crippen LogP contribution in [-0.4, -0.2) is 43.5 Å². The highest BCUT2D eigenvalue weighted by Crippen LogP contribution is 2.14. The standard InChI is InChI=1S/C9H12N2O5/c1-14-4-5-6(8(12)15-2)10-11-7(5)9(13)16-3/h4H2,1-3H3,(H,10,11). The molecule has 0 aromatic carbocycles. The largest absolute Gasteiger partial charge is 0.464 e. The summed E-state index contributed by atoms with van der Waals surface area (Å²) < 4.78 is 13.9. The maximum atomic E-state index is 11.3. The number of methoxy groups -OCH3 is 3. The van der Waals surface area contributed by atoms with Crippen LogP contribution in [0.1, 0.15) is 26.5 Å². The van der Waals surface area contributed by atoms with Gasteiger partial charge in [0.05, 0.1) is 20.8 Å². The molecule has 0 aliphatic heterocycles. The normalized spacial score (nSPS) is 9.94. The fraction of sp³-hybridized carbons (Fsp3) is 0.444. The number of carbonyl (C=O) groups excluding carboxylic acids is 2. The van der Waals surface area contributed by atoms with Crippen molar-refractivity contribution in [2.75, 3.05) is 21.3 Å². The third-order valence-corrected chi connectivity index (χ3v) is 1.92. The van der Waals surface area contributed by atoms with Crippen molar-refractivity contribution in [2.24, 2.45) is 0 Å². The van der Waals surface area contributed by atoms with Crippen LogP contribution < -0.4 is 0 Å². The Morgan fingerprint density at radius 3 is 2.31 bits per heavy atom. The molecule has 0 atom stereocenters. The van der Waals surface area contributed by atoms with Gasteiger partial charge in [0.2, 0.25) is 0 Å². The monoisotopic (exact) mass is 228 g/mol. The summed E-state index contributed by atoms with van der Waals surface area (Å²) in [6, 6.07) is 0. The first kappa shape index (κ1) is 12.2. The Balaban J connectivity index is 3.16. The van der Waals surface area contributed by atoms with Gasteiger partial charge in [0.25, 0.3) is 0 Å². The van der Waals surface area contributed by atoms with E-state index < -0.39 is 11.9 Å². The number of ether oxygens (including phenoxy) is 3. The molecule has 7 heteroatoms. The van der Waals surface area contributed by atoms with Crippen LogP contribution in [0.3, 0.4) is 0 Å². The quantitative estimate of drug-likeness (QED) is 0.736. The summed E-state index contributed by atoms with van der Waals surface area (Å²) in [6.45, 7) is 0.0609. The van der Waals surface area contributed by atoms with Crippen LogP contribution >= 0.6 is 0 Å². The lowest BCUT2D eigenvalue weighted by molar-refractivity contribution is 0.0588. The van der Waals surface area contributed by atoms with E-state index in [4.69, 9.17) is 4.74 Å². The van der Waals surface area contributed by atoms with E-state index >= 15 is 0 Å². The second-order valence-electron chi connectivity index (χ2n) is 2.84. The van der Waals surface area contributed by atoms with Crippen LogP contribution in [0.25, 0.3) is 0 Å². The molecule has 0 fully saturated rings. The molecule has 0 amide bonds. The first-order valence-corrected chi connectivity index (χ1v) is 4.38. The number of H-pyrrole nitrogens is 1. The summed E-state index contributed by atoms with van der Waals surface area (Å²) in [6.07, 6.45) is 0. The van der Waals surface area contributed by atoms with E-state index in [2.05, 4.69) is 19.7 Å². The Bertz CT molecular complexity index is 365. The maximum absolute atomic E-state index is 11.3. The molecule has 88 valence electrons. The highest BCUT2D eigenvalue weighted by atomic mass is 16.5. The summed E-state index contributed by atoms with van der Waals surface area (Å²) in [5, 5.41) is 6.11. The Kier molecular flexibility index (Phi) is 4.01. The van der Waals surface area contributed by atoms with Crippen LogP contribution in [0.15, 0.2) is 0 Å². The van der Waals surface area contributed by atoms with Crippen LogP contribution in [0.4, 0.5) is 0 Å². The minimum atomic E-state index is -0.640. The van der Waals surface area contributed by atoms with Gasteiger partial charge in [-0.2, -0.15) is 5.10 Å².